The first-order valence-electron chi connectivity index (χ1n) is 10.8. The Morgan fingerprint density at radius 1 is 1.15 bits per heavy atom. The lowest BCUT2D eigenvalue weighted by molar-refractivity contribution is -0.384. The minimum Gasteiger partial charge on any atom is -0.503 e. The third-order valence-electron chi connectivity index (χ3n) is 5.76. The summed E-state index contributed by atoms with van der Waals surface area (Å²) in [6, 6.07) is 10.1. The number of sulfone groups is 1. The molecule has 1 amide bonds. The number of furan rings is 1. The van der Waals surface area contributed by atoms with Gasteiger partial charge in [-0.05, 0) is 42.0 Å². The molecule has 2 aromatic heterocycles. The molecular weight excluding hydrogens is 593 g/mol. The number of benzene rings is 2. The second kappa shape index (κ2) is 9.93. The van der Waals surface area contributed by atoms with Crippen LogP contribution < -0.4 is 4.90 Å². The molecule has 0 saturated carbocycles. The summed E-state index contributed by atoms with van der Waals surface area (Å²) in [6.45, 7) is 0. The van der Waals surface area contributed by atoms with Crippen molar-refractivity contribution in [1.82, 2.24) is 4.98 Å². The first-order chi connectivity index (χ1) is 18.5. The highest BCUT2D eigenvalue weighted by molar-refractivity contribution is 7.93. The number of nitrogens with zero attached hydrogens (tertiary/aromatic N) is 3. The fourth-order valence-corrected chi connectivity index (χ4v) is 7.00. The van der Waals surface area contributed by atoms with Gasteiger partial charge in [-0.1, -0.05) is 40.6 Å². The van der Waals surface area contributed by atoms with Crippen LogP contribution in [0.15, 0.2) is 91.9 Å². The van der Waals surface area contributed by atoms with Gasteiger partial charge in [-0.2, -0.15) is 0 Å². The molecule has 0 saturated heterocycles. The Hall–Kier alpha value is -4.04. The number of aliphatic hydroxyl groups is 1. The smallest absolute Gasteiger partial charge is 0.296 e. The number of halogens is 2. The quantitative estimate of drug-likeness (QED) is 0.161. The van der Waals surface area contributed by atoms with Gasteiger partial charge < -0.3 is 9.52 Å². The third kappa shape index (κ3) is 4.59. The number of aromatic nitrogens is 1. The van der Waals surface area contributed by atoms with Crippen LogP contribution in [0.4, 0.5) is 10.8 Å². The van der Waals surface area contributed by atoms with Crippen molar-refractivity contribution < 1.29 is 32.5 Å². The molecule has 4 aromatic rings. The zero-order chi connectivity index (χ0) is 28.1. The molecule has 39 heavy (non-hydrogen) atoms. The molecule has 0 spiro atoms. The Bertz CT molecular complexity index is 1780. The van der Waals surface area contributed by atoms with Gasteiger partial charge in [0.2, 0.25) is 15.6 Å². The SMILES string of the molecule is O=C(C1=C(O)C(=O)N(c2ncc(S(=O)(=O)c3ccc([N+](=O)[O-])cc3)s2)[C@@H]1c1ccc(Cl)cc1Cl)c1ccco1. The van der Waals surface area contributed by atoms with Crippen LogP contribution in [-0.4, -0.2) is 35.1 Å². The van der Waals surface area contributed by atoms with Crippen LogP contribution in [-0.2, 0) is 14.6 Å². The minimum atomic E-state index is -4.19. The molecule has 0 unspecified atom stereocenters. The fraction of sp³-hybridized carbons (Fsp3) is 0.0417. The highest BCUT2D eigenvalue weighted by atomic mass is 35.5. The van der Waals surface area contributed by atoms with E-state index in [2.05, 4.69) is 4.98 Å². The van der Waals surface area contributed by atoms with E-state index in [0.717, 1.165) is 35.4 Å². The van der Waals surface area contributed by atoms with Crippen LogP contribution in [0.1, 0.15) is 22.2 Å². The Balaban J connectivity index is 1.60. The first-order valence-corrected chi connectivity index (χ1v) is 13.8. The second-order valence-corrected chi connectivity index (χ2v) is 12.1. The van der Waals surface area contributed by atoms with Gasteiger partial charge in [-0.25, -0.2) is 13.4 Å². The second-order valence-electron chi connectivity index (χ2n) is 8.03. The van der Waals surface area contributed by atoms with Crippen molar-refractivity contribution in [2.24, 2.45) is 0 Å². The number of ketones is 1. The summed E-state index contributed by atoms with van der Waals surface area (Å²) in [5.41, 5.74) is -0.433. The Kier molecular flexibility index (Phi) is 6.76. The molecule has 11 nitrogen and oxygen atoms in total. The van der Waals surface area contributed by atoms with Crippen molar-refractivity contribution in [1.29, 1.82) is 0 Å². The van der Waals surface area contributed by atoms with Gasteiger partial charge in [0.05, 0.1) is 33.9 Å². The number of nitro benzene ring substituents is 1. The van der Waals surface area contributed by atoms with E-state index in [-0.39, 0.29) is 46.9 Å². The number of nitro groups is 1. The van der Waals surface area contributed by atoms with Crippen molar-refractivity contribution in [2.45, 2.75) is 15.1 Å². The topological polar surface area (TPSA) is 161 Å². The molecule has 1 aliphatic heterocycles. The van der Waals surface area contributed by atoms with Gasteiger partial charge in [0.25, 0.3) is 11.6 Å². The van der Waals surface area contributed by atoms with Gasteiger partial charge in [0, 0.05) is 22.2 Å². The molecular formula is C24H13Cl2N3O8S2. The van der Waals surface area contributed by atoms with E-state index in [1.807, 2.05) is 0 Å². The lowest BCUT2D eigenvalue weighted by Gasteiger charge is -2.25. The summed E-state index contributed by atoms with van der Waals surface area (Å²) < 4.78 is 31.3. The van der Waals surface area contributed by atoms with Crippen LogP contribution in [0.5, 0.6) is 0 Å². The number of aliphatic hydroxyl groups excluding tert-OH is 1. The van der Waals surface area contributed by atoms with Crippen LogP contribution in [0.25, 0.3) is 0 Å². The number of thiazole rings is 1. The number of Topliss-reactive ketones (excluding diaryl/α,β-unsaturated/α-hetero) is 1. The molecule has 1 aliphatic rings. The molecule has 0 fully saturated rings. The first kappa shape index (κ1) is 26.6. The largest absolute Gasteiger partial charge is 0.503 e. The number of rotatable bonds is 7. The van der Waals surface area contributed by atoms with Crippen LogP contribution >= 0.6 is 34.5 Å². The van der Waals surface area contributed by atoms with Gasteiger partial charge in [-0.3, -0.25) is 24.6 Å². The molecule has 5 rings (SSSR count). The molecule has 0 bridgehead atoms. The standard InChI is InChI=1S/C24H13Cl2N3O8S2/c25-12-3-8-15(16(26)10-12)20-19(21(30)17-2-1-9-37-17)22(31)23(32)28(20)24-27-11-18(38-24)39(35,36)14-6-4-13(5-7-14)29(33)34/h1-11,20,31H/t20-/m1/s1. The Labute approximate surface area is 233 Å². The molecule has 1 atom stereocenters. The molecule has 0 radical (unpaired) electrons. The summed E-state index contributed by atoms with van der Waals surface area (Å²) in [7, 11) is -4.19. The highest BCUT2D eigenvalue weighted by Gasteiger charge is 2.47. The summed E-state index contributed by atoms with van der Waals surface area (Å²) in [5.74, 6) is -2.85. The number of hydrogen-bond donors (Lipinski definition) is 1. The normalized spacial score (nSPS) is 15.7. The molecule has 198 valence electrons. The van der Waals surface area contributed by atoms with Crippen molar-refractivity contribution in [3.8, 4) is 0 Å². The van der Waals surface area contributed by atoms with E-state index in [0.29, 0.717) is 11.3 Å². The number of hydrogen-bond acceptors (Lipinski definition) is 10. The molecule has 15 heteroatoms. The van der Waals surface area contributed by atoms with Crippen LogP contribution in [0, 0.1) is 10.1 Å². The van der Waals surface area contributed by atoms with Crippen LogP contribution in [0.3, 0.4) is 0 Å². The summed E-state index contributed by atoms with van der Waals surface area (Å²) in [4.78, 5) is 41.7. The van der Waals surface area contributed by atoms with Crippen molar-refractivity contribution >= 4 is 66.9 Å². The monoisotopic (exact) mass is 605 g/mol. The summed E-state index contributed by atoms with van der Waals surface area (Å²) in [6.07, 6.45) is 2.26. The highest BCUT2D eigenvalue weighted by Crippen LogP contribution is 2.46. The van der Waals surface area contributed by atoms with Crippen LogP contribution in [0.2, 0.25) is 10.0 Å². The van der Waals surface area contributed by atoms with E-state index in [1.54, 1.807) is 0 Å². The number of amides is 1. The van der Waals surface area contributed by atoms with E-state index < -0.39 is 38.3 Å². The summed E-state index contributed by atoms with van der Waals surface area (Å²) in [5, 5.41) is 21.9. The van der Waals surface area contributed by atoms with E-state index in [9.17, 15) is 33.2 Å². The number of carbonyl (C=O) groups is 2. The van der Waals surface area contributed by atoms with Crippen molar-refractivity contribution in [3.05, 3.63) is 110 Å². The van der Waals surface area contributed by atoms with E-state index >= 15 is 0 Å². The number of anilines is 1. The Morgan fingerprint density at radius 3 is 2.49 bits per heavy atom. The maximum absolute atomic E-state index is 13.3. The van der Waals surface area contributed by atoms with Gasteiger partial charge in [0.15, 0.2) is 16.7 Å². The van der Waals surface area contributed by atoms with Crippen molar-refractivity contribution in [3.63, 3.8) is 0 Å². The zero-order valence-electron chi connectivity index (χ0n) is 19.1. The average molecular weight is 606 g/mol. The maximum Gasteiger partial charge on any atom is 0.296 e. The predicted octanol–water partition coefficient (Wildman–Crippen LogP) is 5.57. The predicted molar refractivity (Wildman–Crippen MR) is 140 cm³/mol. The Morgan fingerprint density at radius 2 is 1.87 bits per heavy atom. The number of non-ortho nitro benzene ring substituents is 1. The van der Waals surface area contributed by atoms with Gasteiger partial charge in [-0.15, -0.1) is 0 Å². The third-order valence-corrected chi connectivity index (χ3v) is 9.55. The fourth-order valence-electron chi connectivity index (χ4n) is 3.94. The summed E-state index contributed by atoms with van der Waals surface area (Å²) >= 11 is 13.1. The zero-order valence-corrected chi connectivity index (χ0v) is 22.3. The average Bonchev–Trinajstić information content (AvgIpc) is 3.65. The molecule has 2 aromatic carbocycles. The lowest BCUT2D eigenvalue weighted by Crippen LogP contribution is -2.31. The maximum atomic E-state index is 13.3. The minimum absolute atomic E-state index is 0.0695. The van der Waals surface area contributed by atoms with Gasteiger partial charge >= 0.3 is 0 Å². The lowest BCUT2D eigenvalue weighted by atomic mass is 9.95. The van der Waals surface area contributed by atoms with Gasteiger partial charge in [0.1, 0.15) is 4.21 Å². The number of carbonyl (C=O) groups excluding carboxylic acids is 2. The van der Waals surface area contributed by atoms with E-state index in [1.165, 1.54) is 36.6 Å². The van der Waals surface area contributed by atoms with Crippen molar-refractivity contribution in [2.75, 3.05) is 4.90 Å². The molecule has 0 aliphatic carbocycles. The molecule has 3 heterocycles. The van der Waals surface area contributed by atoms with E-state index in [4.69, 9.17) is 27.6 Å². The molecule has 1 N–H and O–H groups in total.